The van der Waals surface area contributed by atoms with Crippen molar-refractivity contribution in [3.63, 3.8) is 0 Å². The van der Waals surface area contributed by atoms with Crippen molar-refractivity contribution in [3.05, 3.63) is 71.8 Å². The molecule has 134 valence electrons. The molecule has 2 aromatic carbocycles. The van der Waals surface area contributed by atoms with Gasteiger partial charge in [-0.15, -0.1) is 0 Å². The summed E-state index contributed by atoms with van der Waals surface area (Å²) >= 11 is 0. The van der Waals surface area contributed by atoms with E-state index in [1.54, 1.807) is 0 Å². The van der Waals surface area contributed by atoms with E-state index in [9.17, 15) is 4.89 Å². The molecule has 0 bridgehead atoms. The zero-order valence-corrected chi connectivity index (χ0v) is 16.4. The Kier molecular flexibility index (Phi) is 5.91. The number of hydrogen-bond acceptors (Lipinski definition) is 3. The third-order valence-electron chi connectivity index (χ3n) is 4.91. The Bertz CT molecular complexity index is 605. The van der Waals surface area contributed by atoms with E-state index in [0.29, 0.717) is 0 Å². The predicted molar refractivity (Wildman–Crippen MR) is 104 cm³/mol. The first kappa shape index (κ1) is 18.5. The Morgan fingerprint density at radius 3 is 1.44 bits per heavy atom. The lowest BCUT2D eigenvalue weighted by molar-refractivity contribution is -0.195. The summed E-state index contributed by atoms with van der Waals surface area (Å²) in [7, 11) is -1.61. The second-order valence-electron chi connectivity index (χ2n) is 7.29. The maximum atomic E-state index is 13.6. The summed E-state index contributed by atoms with van der Waals surface area (Å²) in [4.78, 5) is 13.6. The lowest BCUT2D eigenvalue weighted by atomic mass is 9.93. The summed E-state index contributed by atoms with van der Waals surface area (Å²) in [5.74, 6) is 0. The van der Waals surface area contributed by atoms with Gasteiger partial charge in [0.05, 0.1) is 0 Å². The van der Waals surface area contributed by atoms with Gasteiger partial charge in [0.15, 0.2) is 0 Å². The molecule has 0 saturated carbocycles. The number of rotatable bonds is 4. The van der Waals surface area contributed by atoms with E-state index in [1.165, 1.54) is 11.1 Å². The van der Waals surface area contributed by atoms with Gasteiger partial charge in [-0.25, -0.2) is 0 Å². The van der Waals surface area contributed by atoms with Gasteiger partial charge >= 0.3 is 0 Å². The molecule has 1 heterocycles. The molecule has 0 aliphatic carbocycles. The van der Waals surface area contributed by atoms with Crippen LogP contribution >= 0.6 is 8.45 Å². The molecule has 0 N–H and O–H groups in total. The van der Waals surface area contributed by atoms with Gasteiger partial charge in [0, 0.05) is 24.2 Å². The maximum absolute atomic E-state index is 13.6. The summed E-state index contributed by atoms with van der Waals surface area (Å²) in [5, 5.41) is 0. The Labute approximate surface area is 153 Å². The molecule has 0 radical (unpaired) electrons. The molecule has 1 fully saturated rings. The fourth-order valence-corrected chi connectivity index (χ4v) is 5.79. The third-order valence-corrected chi connectivity index (χ3v) is 7.18. The van der Waals surface area contributed by atoms with E-state index in [0.717, 1.165) is 6.42 Å². The van der Waals surface area contributed by atoms with Gasteiger partial charge in [-0.3, -0.25) is 9.34 Å². The van der Waals surface area contributed by atoms with E-state index in [4.69, 9.17) is 0 Å². The zero-order valence-electron chi connectivity index (χ0n) is 15.5. The van der Waals surface area contributed by atoms with Crippen molar-refractivity contribution in [1.29, 1.82) is 0 Å². The van der Waals surface area contributed by atoms with Gasteiger partial charge in [0.1, 0.15) is 0 Å². The molecular formula is C21H28N2OP-. The van der Waals surface area contributed by atoms with Crippen LogP contribution in [0.5, 0.6) is 0 Å². The van der Waals surface area contributed by atoms with Crippen LogP contribution in [0.15, 0.2) is 60.7 Å². The Hall–Kier alpha value is -1.25. The van der Waals surface area contributed by atoms with Crippen LogP contribution < -0.4 is 4.89 Å². The number of hydrogen-bond donors (Lipinski definition) is 0. The highest BCUT2D eigenvalue weighted by molar-refractivity contribution is 7.44. The minimum atomic E-state index is -1.61. The highest BCUT2D eigenvalue weighted by Gasteiger charge is 2.39. The van der Waals surface area contributed by atoms with Gasteiger partial charge in [0.25, 0.3) is 0 Å². The fraction of sp³-hybridized carbons (Fsp3) is 0.429. The Morgan fingerprint density at radius 1 is 0.760 bits per heavy atom. The molecule has 3 nitrogen and oxygen atoms in total. The molecule has 2 unspecified atom stereocenters. The van der Waals surface area contributed by atoms with Crippen molar-refractivity contribution in [2.24, 2.45) is 0 Å². The highest BCUT2D eigenvalue weighted by Crippen LogP contribution is 2.57. The maximum Gasteiger partial charge on any atom is 0.0406 e. The molecule has 0 aromatic heterocycles. The summed E-state index contributed by atoms with van der Waals surface area (Å²) < 4.78 is 4.40. The fourth-order valence-electron chi connectivity index (χ4n) is 3.83. The molecule has 1 aliphatic rings. The van der Waals surface area contributed by atoms with Crippen LogP contribution in [-0.4, -0.2) is 21.4 Å². The van der Waals surface area contributed by atoms with Crippen LogP contribution in [0, 0.1) is 0 Å². The topological polar surface area (TPSA) is 29.5 Å². The summed E-state index contributed by atoms with van der Waals surface area (Å²) in [6, 6.07) is 21.8. The number of benzene rings is 2. The van der Waals surface area contributed by atoms with Crippen LogP contribution in [0.25, 0.3) is 0 Å². The van der Waals surface area contributed by atoms with Crippen LogP contribution in [0.3, 0.4) is 0 Å². The average Bonchev–Trinajstić information content (AvgIpc) is 2.61. The van der Waals surface area contributed by atoms with Crippen LogP contribution in [-0.2, 0) is 0 Å². The molecule has 1 aliphatic heterocycles. The molecule has 1 saturated heterocycles. The van der Waals surface area contributed by atoms with Crippen molar-refractivity contribution in [2.75, 3.05) is 0 Å². The van der Waals surface area contributed by atoms with Crippen molar-refractivity contribution in [1.82, 2.24) is 9.34 Å². The van der Waals surface area contributed by atoms with E-state index < -0.39 is 8.45 Å². The van der Waals surface area contributed by atoms with Gasteiger partial charge in [-0.05, 0) is 45.2 Å². The molecule has 4 heteroatoms. The van der Waals surface area contributed by atoms with E-state index in [-0.39, 0.29) is 24.2 Å². The lowest BCUT2D eigenvalue weighted by Crippen LogP contribution is -2.49. The third kappa shape index (κ3) is 3.80. The Morgan fingerprint density at radius 2 is 1.12 bits per heavy atom. The quantitative estimate of drug-likeness (QED) is 0.732. The second kappa shape index (κ2) is 7.97. The first-order valence-corrected chi connectivity index (χ1v) is 10.3. The van der Waals surface area contributed by atoms with Crippen LogP contribution in [0.4, 0.5) is 0 Å². The predicted octanol–water partition coefficient (Wildman–Crippen LogP) is 4.88. The monoisotopic (exact) mass is 355 g/mol. The minimum absolute atomic E-state index is 0.171. The smallest absolute Gasteiger partial charge is 0.0406 e. The summed E-state index contributed by atoms with van der Waals surface area (Å²) in [5.41, 5.74) is 2.51. The average molecular weight is 355 g/mol. The zero-order chi connectivity index (χ0) is 18.0. The SMILES string of the molecule is CC(C)N1C(c2ccccc2)CC(c2ccccc2)N(C(C)C)P1[O-]. The largest absolute Gasteiger partial charge is 0.806 e. The first-order valence-electron chi connectivity index (χ1n) is 9.14. The van der Waals surface area contributed by atoms with E-state index in [2.05, 4.69) is 85.6 Å². The van der Waals surface area contributed by atoms with Gasteiger partial charge in [0.2, 0.25) is 0 Å². The molecular weight excluding hydrogens is 327 g/mol. The van der Waals surface area contributed by atoms with E-state index in [1.807, 2.05) is 12.1 Å². The Balaban J connectivity index is 2.04. The first-order chi connectivity index (χ1) is 12.0. The van der Waals surface area contributed by atoms with Crippen LogP contribution in [0.1, 0.15) is 57.3 Å². The summed E-state index contributed by atoms with van der Waals surface area (Å²) in [6.45, 7) is 8.57. The molecule has 2 atom stereocenters. The number of nitrogens with zero attached hydrogens (tertiary/aromatic N) is 2. The molecule has 0 spiro atoms. The van der Waals surface area contributed by atoms with Crippen molar-refractivity contribution in [3.8, 4) is 0 Å². The molecule has 0 amide bonds. The second-order valence-corrected chi connectivity index (χ2v) is 8.72. The van der Waals surface area contributed by atoms with Gasteiger partial charge in [-0.2, -0.15) is 0 Å². The molecule has 2 aromatic rings. The van der Waals surface area contributed by atoms with Crippen molar-refractivity contribution < 1.29 is 4.89 Å². The normalized spacial score (nSPS) is 25.6. The lowest BCUT2D eigenvalue weighted by Gasteiger charge is -2.59. The molecule has 3 rings (SSSR count). The molecule has 25 heavy (non-hydrogen) atoms. The summed E-state index contributed by atoms with van der Waals surface area (Å²) in [6.07, 6.45) is 0.950. The highest BCUT2D eigenvalue weighted by atomic mass is 31.2. The standard InChI is InChI=1S/C21H28N2OP/c1-16(2)22-20(18-11-7-5-8-12-18)15-21(19-13-9-6-10-14-19)23(17(3)4)25(22)24/h5-14,16-17,20-21H,15H2,1-4H3/q-1. The minimum Gasteiger partial charge on any atom is -0.806 e. The van der Waals surface area contributed by atoms with Crippen LogP contribution in [0.2, 0.25) is 0 Å². The van der Waals surface area contributed by atoms with Crippen molar-refractivity contribution >= 4 is 8.45 Å². The van der Waals surface area contributed by atoms with Crippen molar-refractivity contribution in [2.45, 2.75) is 58.3 Å². The van der Waals surface area contributed by atoms with Gasteiger partial charge < -0.3 is 4.89 Å². The van der Waals surface area contributed by atoms with E-state index >= 15 is 0 Å². The van der Waals surface area contributed by atoms with Gasteiger partial charge in [-0.1, -0.05) is 69.1 Å².